The Labute approximate surface area is 120 Å². The van der Waals surface area contributed by atoms with Crippen LogP contribution in [0.25, 0.3) is 0 Å². The van der Waals surface area contributed by atoms with Crippen LogP contribution in [0.3, 0.4) is 0 Å². The van der Waals surface area contributed by atoms with E-state index in [0.29, 0.717) is 12.5 Å². The third kappa shape index (κ3) is 4.94. The molecule has 0 fully saturated rings. The molecule has 0 radical (unpaired) electrons. The lowest BCUT2D eigenvalue weighted by Crippen LogP contribution is -2.26. The molecular formula is C14H21NO4S. The monoisotopic (exact) mass is 299 g/mol. The van der Waals surface area contributed by atoms with E-state index in [9.17, 15) is 13.2 Å². The van der Waals surface area contributed by atoms with Gasteiger partial charge in [0.2, 0.25) is 10.0 Å². The molecule has 20 heavy (non-hydrogen) atoms. The first-order chi connectivity index (χ1) is 9.36. The number of sulfonamides is 1. The summed E-state index contributed by atoms with van der Waals surface area (Å²) in [6, 6.07) is 6.74. The molecule has 0 bridgehead atoms. The maximum Gasteiger partial charge on any atom is 0.307 e. The highest BCUT2D eigenvalue weighted by molar-refractivity contribution is 7.89. The Morgan fingerprint density at radius 2 is 1.85 bits per heavy atom. The Morgan fingerprint density at radius 1 is 1.25 bits per heavy atom. The van der Waals surface area contributed by atoms with Crippen LogP contribution in [-0.4, -0.2) is 27.5 Å². The molecule has 0 aliphatic rings. The molecule has 0 saturated heterocycles. The summed E-state index contributed by atoms with van der Waals surface area (Å²) in [6.07, 6.45) is 0.0249. The molecule has 112 valence electrons. The Hall–Kier alpha value is -1.40. The van der Waals surface area contributed by atoms with Gasteiger partial charge < -0.3 is 4.74 Å². The van der Waals surface area contributed by atoms with Gasteiger partial charge in [-0.15, -0.1) is 0 Å². The van der Waals surface area contributed by atoms with Gasteiger partial charge in [-0.1, -0.05) is 26.0 Å². The lowest BCUT2D eigenvalue weighted by Gasteiger charge is -2.09. The molecule has 5 nitrogen and oxygen atoms in total. The van der Waals surface area contributed by atoms with Crippen LogP contribution in [0.15, 0.2) is 29.2 Å². The first kappa shape index (κ1) is 16.7. The normalized spacial score (nSPS) is 11.6. The predicted octanol–water partition coefficient (Wildman–Crippen LogP) is 2.04. The van der Waals surface area contributed by atoms with Gasteiger partial charge in [-0.3, -0.25) is 4.79 Å². The van der Waals surface area contributed by atoms with Crippen LogP contribution in [0.5, 0.6) is 0 Å². The van der Waals surface area contributed by atoms with E-state index in [4.69, 9.17) is 4.74 Å². The van der Waals surface area contributed by atoms with Crippen molar-refractivity contribution in [2.24, 2.45) is 0 Å². The molecule has 0 atom stereocenters. The SMILES string of the molecule is CCOC(=O)CCNS(=O)(=O)c1ccc(C(C)C)cc1. The van der Waals surface area contributed by atoms with Crippen LogP contribution >= 0.6 is 0 Å². The summed E-state index contributed by atoms with van der Waals surface area (Å²) >= 11 is 0. The van der Waals surface area contributed by atoms with Crippen molar-refractivity contribution < 1.29 is 17.9 Å². The van der Waals surface area contributed by atoms with Crippen LogP contribution in [-0.2, 0) is 19.6 Å². The molecule has 0 aliphatic carbocycles. The van der Waals surface area contributed by atoms with E-state index >= 15 is 0 Å². The summed E-state index contributed by atoms with van der Waals surface area (Å²) < 4.78 is 31.1. The van der Waals surface area contributed by atoms with Crippen LogP contribution in [0.2, 0.25) is 0 Å². The molecular weight excluding hydrogens is 278 g/mol. The number of hydrogen-bond acceptors (Lipinski definition) is 4. The van der Waals surface area contributed by atoms with E-state index < -0.39 is 16.0 Å². The van der Waals surface area contributed by atoms with Crippen molar-refractivity contribution in [3.63, 3.8) is 0 Å². The second-order valence-electron chi connectivity index (χ2n) is 4.68. The molecule has 0 unspecified atom stereocenters. The maximum atomic E-state index is 12.0. The zero-order valence-electron chi connectivity index (χ0n) is 12.0. The smallest absolute Gasteiger partial charge is 0.307 e. The van der Waals surface area contributed by atoms with Crippen molar-refractivity contribution in [2.45, 2.75) is 38.0 Å². The molecule has 0 amide bonds. The average molecular weight is 299 g/mol. The topological polar surface area (TPSA) is 72.5 Å². The van der Waals surface area contributed by atoms with Gasteiger partial charge in [0.05, 0.1) is 17.9 Å². The standard InChI is InChI=1S/C14H21NO4S/c1-4-19-14(16)9-10-15-20(17,18)13-7-5-12(6-8-13)11(2)3/h5-8,11,15H,4,9-10H2,1-3H3. The van der Waals surface area contributed by atoms with Crippen molar-refractivity contribution in [3.8, 4) is 0 Å². The van der Waals surface area contributed by atoms with Gasteiger partial charge in [0.15, 0.2) is 0 Å². The second kappa shape index (κ2) is 7.40. The number of benzene rings is 1. The van der Waals surface area contributed by atoms with Crippen molar-refractivity contribution in [1.82, 2.24) is 4.72 Å². The van der Waals surface area contributed by atoms with Gasteiger partial charge in [0, 0.05) is 6.54 Å². The van der Waals surface area contributed by atoms with Crippen LogP contribution < -0.4 is 4.72 Å². The van der Waals surface area contributed by atoms with Crippen LogP contribution in [0.4, 0.5) is 0 Å². The third-order valence-electron chi connectivity index (χ3n) is 2.78. The van der Waals surface area contributed by atoms with Gasteiger partial charge in [-0.25, -0.2) is 13.1 Å². The Morgan fingerprint density at radius 3 is 2.35 bits per heavy atom. The number of esters is 1. The van der Waals surface area contributed by atoms with E-state index in [0.717, 1.165) is 5.56 Å². The van der Waals surface area contributed by atoms with Crippen LogP contribution in [0.1, 0.15) is 38.7 Å². The number of nitrogens with one attached hydrogen (secondary N) is 1. The summed E-state index contributed by atoms with van der Waals surface area (Å²) in [5.41, 5.74) is 1.08. The molecule has 1 aromatic rings. The molecule has 0 spiro atoms. The fourth-order valence-corrected chi connectivity index (χ4v) is 2.67. The Kier molecular flexibility index (Phi) is 6.16. The highest BCUT2D eigenvalue weighted by Crippen LogP contribution is 2.17. The summed E-state index contributed by atoms with van der Waals surface area (Å²) in [5.74, 6) is -0.0612. The lowest BCUT2D eigenvalue weighted by molar-refractivity contribution is -0.142. The van der Waals surface area contributed by atoms with Gasteiger partial charge in [-0.2, -0.15) is 0 Å². The Bertz CT molecular complexity index is 535. The number of hydrogen-bond donors (Lipinski definition) is 1. The summed E-state index contributed by atoms with van der Waals surface area (Å²) in [5, 5.41) is 0. The number of carbonyl (C=O) groups excluding carboxylic acids is 1. The summed E-state index contributed by atoms with van der Waals surface area (Å²) in [6.45, 7) is 6.12. The maximum absolute atomic E-state index is 12.0. The molecule has 0 aliphatic heterocycles. The van der Waals surface area contributed by atoms with E-state index in [1.807, 2.05) is 13.8 Å². The van der Waals surface area contributed by atoms with Crippen molar-refractivity contribution in [2.75, 3.05) is 13.2 Å². The first-order valence-corrected chi connectivity index (χ1v) is 8.10. The van der Waals surface area contributed by atoms with Crippen LogP contribution in [0, 0.1) is 0 Å². The highest BCUT2D eigenvalue weighted by atomic mass is 32.2. The second-order valence-corrected chi connectivity index (χ2v) is 6.44. The molecule has 6 heteroatoms. The predicted molar refractivity (Wildman–Crippen MR) is 77.0 cm³/mol. The van der Waals surface area contributed by atoms with Gasteiger partial charge in [0.1, 0.15) is 0 Å². The minimum Gasteiger partial charge on any atom is -0.466 e. The highest BCUT2D eigenvalue weighted by Gasteiger charge is 2.14. The molecule has 1 N–H and O–H groups in total. The third-order valence-corrected chi connectivity index (χ3v) is 4.26. The van der Waals surface area contributed by atoms with Gasteiger partial charge in [0.25, 0.3) is 0 Å². The summed E-state index contributed by atoms with van der Waals surface area (Å²) in [4.78, 5) is 11.3. The van der Waals surface area contributed by atoms with Gasteiger partial charge in [-0.05, 0) is 30.5 Å². The molecule has 1 rings (SSSR count). The number of rotatable bonds is 7. The minimum atomic E-state index is -3.57. The number of carbonyl (C=O) groups is 1. The first-order valence-electron chi connectivity index (χ1n) is 6.62. The fourth-order valence-electron chi connectivity index (χ4n) is 1.64. The average Bonchev–Trinajstić information content (AvgIpc) is 2.39. The summed E-state index contributed by atoms with van der Waals surface area (Å²) in [7, 11) is -3.57. The van der Waals surface area contributed by atoms with Crippen molar-refractivity contribution in [1.29, 1.82) is 0 Å². The fraction of sp³-hybridized carbons (Fsp3) is 0.500. The number of ether oxygens (including phenoxy) is 1. The molecule has 0 aromatic heterocycles. The lowest BCUT2D eigenvalue weighted by atomic mass is 10.0. The van der Waals surface area contributed by atoms with E-state index in [-0.39, 0.29) is 17.9 Å². The largest absolute Gasteiger partial charge is 0.466 e. The van der Waals surface area contributed by atoms with E-state index in [2.05, 4.69) is 4.72 Å². The van der Waals surface area contributed by atoms with E-state index in [1.54, 1.807) is 31.2 Å². The zero-order chi connectivity index (χ0) is 15.2. The van der Waals surface area contributed by atoms with Crippen molar-refractivity contribution >= 4 is 16.0 Å². The zero-order valence-corrected chi connectivity index (χ0v) is 12.9. The quantitative estimate of drug-likeness (QED) is 0.782. The van der Waals surface area contributed by atoms with Gasteiger partial charge >= 0.3 is 5.97 Å². The molecule has 0 heterocycles. The minimum absolute atomic E-state index is 0.0249. The van der Waals surface area contributed by atoms with E-state index in [1.165, 1.54) is 0 Å². The molecule has 1 aromatic carbocycles. The van der Waals surface area contributed by atoms with Crippen molar-refractivity contribution in [3.05, 3.63) is 29.8 Å². The molecule has 0 saturated carbocycles. The Balaban J connectivity index is 2.62.